The summed E-state index contributed by atoms with van der Waals surface area (Å²) in [4.78, 5) is 24.7. The van der Waals surface area contributed by atoms with Crippen LogP contribution in [0.15, 0.2) is 72.8 Å². The Morgan fingerprint density at radius 1 is 0.630 bits per heavy atom. The summed E-state index contributed by atoms with van der Waals surface area (Å²) in [5.74, 6) is 0.593. The van der Waals surface area contributed by atoms with Gasteiger partial charge < -0.3 is 4.74 Å². The molecule has 0 aliphatic heterocycles. The van der Waals surface area contributed by atoms with Gasteiger partial charge in [-0.05, 0) is 47.5 Å². The molecule has 0 atom stereocenters. The average molecular weight is 399 g/mol. The van der Waals surface area contributed by atoms with Crippen LogP contribution in [0.5, 0.6) is 5.75 Å². The molecular weight excluding hydrogens is 383 g/mol. The molecule has 0 radical (unpaired) electrons. The predicted molar refractivity (Wildman–Crippen MR) is 107 cm³/mol. The Balaban J connectivity index is 1.68. The van der Waals surface area contributed by atoms with Gasteiger partial charge in [0.2, 0.25) is 0 Å². The van der Waals surface area contributed by atoms with E-state index in [4.69, 9.17) is 27.9 Å². The van der Waals surface area contributed by atoms with Crippen LogP contribution in [0.4, 0.5) is 0 Å². The van der Waals surface area contributed by atoms with Crippen LogP contribution < -0.4 is 4.74 Å². The van der Waals surface area contributed by atoms with Crippen LogP contribution in [0.25, 0.3) is 0 Å². The van der Waals surface area contributed by atoms with Gasteiger partial charge in [-0.2, -0.15) is 0 Å². The molecule has 136 valence electrons. The Morgan fingerprint density at radius 3 is 1.48 bits per heavy atom. The molecule has 5 heteroatoms. The van der Waals surface area contributed by atoms with Crippen molar-refractivity contribution < 1.29 is 14.3 Å². The first-order chi connectivity index (χ1) is 13.1. The number of esters is 1. The number of hydrogen-bond acceptors (Lipinski definition) is 3. The Kier molecular flexibility index (Phi) is 6.28. The number of ketones is 1. The third kappa shape index (κ3) is 4.76. The topological polar surface area (TPSA) is 43.4 Å². The number of ether oxygens (including phenoxy) is 1. The third-order valence-corrected chi connectivity index (χ3v) is 4.66. The SMILES string of the molecule is O=C(Oc1ccc(C(=O)c2ccc(CCl)cc2)cc1)c1ccc(CCl)cc1. The Hall–Kier alpha value is -2.62. The van der Waals surface area contributed by atoms with Gasteiger partial charge in [-0.1, -0.05) is 36.4 Å². The number of halogens is 2. The van der Waals surface area contributed by atoms with Gasteiger partial charge >= 0.3 is 5.97 Å². The first kappa shape index (κ1) is 19.2. The first-order valence-corrected chi connectivity index (χ1v) is 9.34. The molecule has 0 spiro atoms. The van der Waals surface area contributed by atoms with E-state index in [-0.39, 0.29) is 5.78 Å². The molecule has 0 heterocycles. The summed E-state index contributed by atoms with van der Waals surface area (Å²) in [5.41, 5.74) is 3.40. The number of alkyl halides is 2. The van der Waals surface area contributed by atoms with Crippen molar-refractivity contribution in [3.05, 3.63) is 101 Å². The molecule has 0 saturated carbocycles. The molecular formula is C22H16Cl2O3. The van der Waals surface area contributed by atoms with E-state index >= 15 is 0 Å². The zero-order valence-electron chi connectivity index (χ0n) is 14.3. The minimum absolute atomic E-state index is 0.106. The van der Waals surface area contributed by atoms with E-state index in [1.807, 2.05) is 12.1 Å². The standard InChI is InChI=1S/C22H16Cl2O3/c23-13-15-1-5-17(6-2-15)21(25)18-9-11-20(12-10-18)27-22(26)19-7-3-16(14-24)4-8-19/h1-12H,13-14H2. The van der Waals surface area contributed by atoms with Crippen LogP contribution in [0.1, 0.15) is 37.4 Å². The Labute approximate surface area is 167 Å². The molecule has 3 aromatic rings. The average Bonchev–Trinajstić information content (AvgIpc) is 2.74. The van der Waals surface area contributed by atoms with Gasteiger partial charge in [0.25, 0.3) is 0 Å². The van der Waals surface area contributed by atoms with E-state index in [2.05, 4.69) is 0 Å². The van der Waals surface area contributed by atoms with Gasteiger partial charge in [0.05, 0.1) is 5.56 Å². The lowest BCUT2D eigenvalue weighted by Gasteiger charge is -2.06. The second kappa shape index (κ2) is 8.85. The molecule has 0 aliphatic rings. The summed E-state index contributed by atoms with van der Waals surface area (Å²) >= 11 is 11.5. The van der Waals surface area contributed by atoms with E-state index in [1.165, 1.54) is 0 Å². The van der Waals surface area contributed by atoms with E-state index in [1.54, 1.807) is 60.7 Å². The van der Waals surface area contributed by atoms with E-state index in [9.17, 15) is 9.59 Å². The van der Waals surface area contributed by atoms with Gasteiger partial charge in [-0.25, -0.2) is 4.79 Å². The van der Waals surface area contributed by atoms with E-state index in [0.717, 1.165) is 11.1 Å². The summed E-state index contributed by atoms with van der Waals surface area (Å²) < 4.78 is 5.35. The molecule has 3 nitrogen and oxygen atoms in total. The molecule has 0 amide bonds. The molecule has 3 aromatic carbocycles. The monoisotopic (exact) mass is 398 g/mol. The summed E-state index contributed by atoms with van der Waals surface area (Å²) in [6.07, 6.45) is 0. The van der Waals surface area contributed by atoms with Crippen LogP contribution in [0.2, 0.25) is 0 Å². The van der Waals surface area contributed by atoms with Crippen molar-refractivity contribution in [1.29, 1.82) is 0 Å². The van der Waals surface area contributed by atoms with Crippen molar-refractivity contribution in [3.8, 4) is 5.75 Å². The fourth-order valence-electron chi connectivity index (χ4n) is 2.48. The summed E-state index contributed by atoms with van der Waals surface area (Å²) in [6, 6.07) is 20.5. The van der Waals surface area contributed by atoms with Gasteiger partial charge in [0.15, 0.2) is 5.78 Å². The maximum absolute atomic E-state index is 12.5. The quantitative estimate of drug-likeness (QED) is 0.234. The molecule has 0 N–H and O–H groups in total. The Bertz CT molecular complexity index is 931. The summed E-state index contributed by atoms with van der Waals surface area (Å²) in [6.45, 7) is 0. The summed E-state index contributed by atoms with van der Waals surface area (Å²) in [7, 11) is 0. The van der Waals surface area contributed by atoms with Crippen molar-refractivity contribution >= 4 is 35.0 Å². The van der Waals surface area contributed by atoms with Crippen LogP contribution in [-0.2, 0) is 11.8 Å². The molecule has 0 aromatic heterocycles. The van der Waals surface area contributed by atoms with Crippen LogP contribution >= 0.6 is 23.2 Å². The van der Waals surface area contributed by atoms with Gasteiger partial charge in [0.1, 0.15) is 5.75 Å². The lowest BCUT2D eigenvalue weighted by atomic mass is 10.0. The smallest absolute Gasteiger partial charge is 0.343 e. The van der Waals surface area contributed by atoms with Gasteiger partial charge in [0, 0.05) is 22.9 Å². The van der Waals surface area contributed by atoms with E-state index < -0.39 is 5.97 Å². The predicted octanol–water partition coefficient (Wildman–Crippen LogP) is 5.61. The maximum atomic E-state index is 12.5. The van der Waals surface area contributed by atoms with Crippen molar-refractivity contribution in [1.82, 2.24) is 0 Å². The van der Waals surface area contributed by atoms with Crippen LogP contribution in [0, 0.1) is 0 Å². The molecule has 0 aliphatic carbocycles. The van der Waals surface area contributed by atoms with Crippen molar-refractivity contribution in [3.63, 3.8) is 0 Å². The number of carbonyl (C=O) groups is 2. The van der Waals surface area contributed by atoms with Crippen molar-refractivity contribution in [2.45, 2.75) is 11.8 Å². The normalized spacial score (nSPS) is 10.4. The van der Waals surface area contributed by atoms with E-state index in [0.29, 0.717) is 34.2 Å². The van der Waals surface area contributed by atoms with Crippen LogP contribution in [-0.4, -0.2) is 11.8 Å². The zero-order chi connectivity index (χ0) is 19.2. The number of hydrogen-bond donors (Lipinski definition) is 0. The largest absolute Gasteiger partial charge is 0.423 e. The number of rotatable bonds is 6. The minimum Gasteiger partial charge on any atom is -0.423 e. The zero-order valence-corrected chi connectivity index (χ0v) is 15.8. The number of carbonyl (C=O) groups excluding carboxylic acids is 2. The van der Waals surface area contributed by atoms with Crippen LogP contribution in [0.3, 0.4) is 0 Å². The lowest BCUT2D eigenvalue weighted by molar-refractivity contribution is 0.0734. The molecule has 0 bridgehead atoms. The highest BCUT2D eigenvalue weighted by Gasteiger charge is 2.11. The highest BCUT2D eigenvalue weighted by Crippen LogP contribution is 2.18. The van der Waals surface area contributed by atoms with Gasteiger partial charge in [-0.15, -0.1) is 23.2 Å². The highest BCUT2D eigenvalue weighted by atomic mass is 35.5. The van der Waals surface area contributed by atoms with Crippen molar-refractivity contribution in [2.75, 3.05) is 0 Å². The molecule has 27 heavy (non-hydrogen) atoms. The summed E-state index contributed by atoms with van der Waals surface area (Å²) in [5, 5.41) is 0. The molecule has 0 unspecified atom stereocenters. The minimum atomic E-state index is -0.466. The highest BCUT2D eigenvalue weighted by molar-refractivity contribution is 6.17. The fraction of sp³-hybridized carbons (Fsp3) is 0.0909. The first-order valence-electron chi connectivity index (χ1n) is 8.27. The second-order valence-corrected chi connectivity index (χ2v) is 6.44. The lowest BCUT2D eigenvalue weighted by Crippen LogP contribution is -2.08. The second-order valence-electron chi connectivity index (χ2n) is 5.90. The fourth-order valence-corrected chi connectivity index (χ4v) is 2.84. The molecule has 0 fully saturated rings. The van der Waals surface area contributed by atoms with Gasteiger partial charge in [-0.3, -0.25) is 4.79 Å². The number of benzene rings is 3. The van der Waals surface area contributed by atoms with Crippen molar-refractivity contribution in [2.24, 2.45) is 0 Å². The Morgan fingerprint density at radius 2 is 1.04 bits per heavy atom. The molecule has 3 rings (SSSR count). The molecule has 0 saturated heterocycles. The third-order valence-electron chi connectivity index (χ3n) is 4.04. The maximum Gasteiger partial charge on any atom is 0.343 e.